The SMILES string of the molecule is CC[C@H](C(=O)O)N1CCN(c2ccc(F)cc2OC)CC1. The Morgan fingerprint density at radius 1 is 1.38 bits per heavy atom. The normalized spacial score (nSPS) is 17.6. The Balaban J connectivity index is 2.06. The molecule has 1 aromatic rings. The molecule has 1 aromatic carbocycles. The van der Waals surface area contributed by atoms with Gasteiger partial charge in [0.2, 0.25) is 0 Å². The van der Waals surface area contributed by atoms with Crippen LogP contribution in [0, 0.1) is 5.82 Å². The first kappa shape index (κ1) is 15.6. The Labute approximate surface area is 123 Å². The fourth-order valence-corrected chi connectivity index (χ4v) is 2.78. The predicted octanol–water partition coefficient (Wildman–Crippen LogP) is 1.82. The summed E-state index contributed by atoms with van der Waals surface area (Å²) in [7, 11) is 1.52. The molecule has 0 bridgehead atoms. The van der Waals surface area contributed by atoms with Gasteiger partial charge in [0, 0.05) is 32.2 Å². The smallest absolute Gasteiger partial charge is 0.320 e. The Morgan fingerprint density at radius 2 is 2.05 bits per heavy atom. The van der Waals surface area contributed by atoms with Crippen LogP contribution in [0.5, 0.6) is 5.75 Å². The van der Waals surface area contributed by atoms with Crippen molar-refractivity contribution in [2.24, 2.45) is 0 Å². The van der Waals surface area contributed by atoms with Crippen molar-refractivity contribution in [1.82, 2.24) is 4.90 Å². The summed E-state index contributed by atoms with van der Waals surface area (Å²) < 4.78 is 18.5. The van der Waals surface area contributed by atoms with E-state index in [2.05, 4.69) is 4.90 Å². The molecule has 0 amide bonds. The van der Waals surface area contributed by atoms with Crippen LogP contribution in [0.15, 0.2) is 18.2 Å². The second kappa shape index (κ2) is 6.76. The van der Waals surface area contributed by atoms with E-state index in [0.717, 1.165) is 5.69 Å². The minimum Gasteiger partial charge on any atom is -0.494 e. The quantitative estimate of drug-likeness (QED) is 0.898. The summed E-state index contributed by atoms with van der Waals surface area (Å²) in [5.74, 6) is -0.592. The van der Waals surface area contributed by atoms with Crippen LogP contribution in [0.3, 0.4) is 0 Å². The van der Waals surface area contributed by atoms with E-state index in [1.807, 2.05) is 11.8 Å². The van der Waals surface area contributed by atoms with Gasteiger partial charge >= 0.3 is 5.97 Å². The van der Waals surface area contributed by atoms with Gasteiger partial charge in [-0.15, -0.1) is 0 Å². The standard InChI is InChI=1S/C15H21FN2O3/c1-3-12(15(19)20)17-6-8-18(9-7-17)13-5-4-11(16)10-14(13)21-2/h4-5,10,12H,3,6-9H2,1-2H3,(H,19,20)/t12-/m1/s1. The number of methoxy groups -OCH3 is 1. The number of benzene rings is 1. The molecule has 1 aliphatic rings. The molecule has 0 radical (unpaired) electrons. The van der Waals surface area contributed by atoms with Crippen LogP contribution >= 0.6 is 0 Å². The third-order valence-corrected chi connectivity index (χ3v) is 3.91. The minimum atomic E-state index is -0.773. The van der Waals surface area contributed by atoms with Crippen molar-refractivity contribution in [2.75, 3.05) is 38.2 Å². The lowest BCUT2D eigenvalue weighted by atomic mass is 10.1. The molecule has 1 N–H and O–H groups in total. The van der Waals surface area contributed by atoms with Crippen molar-refractivity contribution in [2.45, 2.75) is 19.4 Å². The topological polar surface area (TPSA) is 53.0 Å². The van der Waals surface area contributed by atoms with E-state index in [1.54, 1.807) is 6.07 Å². The van der Waals surface area contributed by atoms with Gasteiger partial charge in [0.25, 0.3) is 0 Å². The van der Waals surface area contributed by atoms with Crippen LogP contribution in [0.1, 0.15) is 13.3 Å². The van der Waals surface area contributed by atoms with Gasteiger partial charge in [-0.3, -0.25) is 9.69 Å². The van der Waals surface area contributed by atoms with Gasteiger partial charge in [-0.05, 0) is 18.6 Å². The van der Waals surface area contributed by atoms with E-state index in [0.29, 0.717) is 38.3 Å². The number of halogens is 1. The fraction of sp³-hybridized carbons (Fsp3) is 0.533. The maximum atomic E-state index is 13.2. The van der Waals surface area contributed by atoms with Crippen molar-refractivity contribution < 1.29 is 19.0 Å². The molecular formula is C15H21FN2O3. The minimum absolute atomic E-state index is 0.328. The summed E-state index contributed by atoms with van der Waals surface area (Å²) in [6.45, 7) is 4.63. The van der Waals surface area contributed by atoms with Crippen molar-refractivity contribution in [3.63, 3.8) is 0 Å². The number of nitrogens with zero attached hydrogens (tertiary/aromatic N) is 2. The number of carboxylic acids is 1. The Morgan fingerprint density at radius 3 is 2.57 bits per heavy atom. The van der Waals surface area contributed by atoms with Crippen molar-refractivity contribution in [3.05, 3.63) is 24.0 Å². The van der Waals surface area contributed by atoms with E-state index in [4.69, 9.17) is 4.74 Å². The first-order chi connectivity index (χ1) is 10.1. The number of piperazine rings is 1. The molecule has 5 nitrogen and oxygen atoms in total. The number of hydrogen-bond donors (Lipinski definition) is 1. The lowest BCUT2D eigenvalue weighted by Gasteiger charge is -2.38. The van der Waals surface area contributed by atoms with Gasteiger partial charge in [-0.1, -0.05) is 6.92 Å². The Kier molecular flexibility index (Phi) is 5.01. The second-order valence-corrected chi connectivity index (χ2v) is 5.10. The molecule has 1 heterocycles. The largest absolute Gasteiger partial charge is 0.494 e. The summed E-state index contributed by atoms with van der Waals surface area (Å²) in [5.41, 5.74) is 0.849. The summed E-state index contributed by atoms with van der Waals surface area (Å²) in [5, 5.41) is 9.20. The van der Waals surface area contributed by atoms with Gasteiger partial charge in [-0.25, -0.2) is 4.39 Å². The fourth-order valence-electron chi connectivity index (χ4n) is 2.78. The Bertz CT molecular complexity index is 502. The molecular weight excluding hydrogens is 275 g/mol. The number of aliphatic carboxylic acids is 1. The van der Waals surface area contributed by atoms with Crippen LogP contribution in [0.25, 0.3) is 0 Å². The maximum Gasteiger partial charge on any atom is 0.320 e. The van der Waals surface area contributed by atoms with E-state index in [1.165, 1.54) is 19.2 Å². The molecule has 0 aliphatic carbocycles. The molecule has 0 spiro atoms. The van der Waals surface area contributed by atoms with Crippen LogP contribution in [0.2, 0.25) is 0 Å². The van der Waals surface area contributed by atoms with Crippen LogP contribution in [0.4, 0.5) is 10.1 Å². The van der Waals surface area contributed by atoms with Crippen molar-refractivity contribution >= 4 is 11.7 Å². The van der Waals surface area contributed by atoms with E-state index in [9.17, 15) is 14.3 Å². The molecule has 6 heteroatoms. The molecule has 0 unspecified atom stereocenters. The lowest BCUT2D eigenvalue weighted by Crippen LogP contribution is -2.52. The molecule has 0 aromatic heterocycles. The zero-order chi connectivity index (χ0) is 15.4. The number of rotatable bonds is 5. The third kappa shape index (κ3) is 3.44. The summed E-state index contributed by atoms with van der Waals surface area (Å²) in [4.78, 5) is 15.3. The predicted molar refractivity (Wildman–Crippen MR) is 78.5 cm³/mol. The summed E-state index contributed by atoms with van der Waals surface area (Å²) >= 11 is 0. The number of anilines is 1. The highest BCUT2D eigenvalue weighted by molar-refractivity contribution is 5.73. The number of carboxylic acid groups (broad SMARTS) is 1. The summed E-state index contributed by atoms with van der Waals surface area (Å²) in [6, 6.07) is 4.06. The third-order valence-electron chi connectivity index (χ3n) is 3.91. The molecule has 116 valence electrons. The highest BCUT2D eigenvalue weighted by Gasteiger charge is 2.28. The van der Waals surface area contributed by atoms with E-state index >= 15 is 0 Å². The molecule has 21 heavy (non-hydrogen) atoms. The molecule has 2 rings (SSSR count). The number of hydrogen-bond acceptors (Lipinski definition) is 4. The van der Waals surface area contributed by atoms with E-state index in [-0.39, 0.29) is 5.82 Å². The monoisotopic (exact) mass is 296 g/mol. The first-order valence-corrected chi connectivity index (χ1v) is 7.12. The van der Waals surface area contributed by atoms with Crippen LogP contribution < -0.4 is 9.64 Å². The van der Waals surface area contributed by atoms with E-state index < -0.39 is 12.0 Å². The lowest BCUT2D eigenvalue weighted by molar-refractivity contribution is -0.143. The molecule has 1 aliphatic heterocycles. The van der Waals surface area contributed by atoms with Crippen LogP contribution in [-0.4, -0.2) is 55.3 Å². The van der Waals surface area contributed by atoms with Gasteiger partial charge in [0.1, 0.15) is 17.6 Å². The second-order valence-electron chi connectivity index (χ2n) is 5.10. The zero-order valence-corrected chi connectivity index (χ0v) is 12.4. The number of ether oxygens (including phenoxy) is 1. The van der Waals surface area contributed by atoms with Crippen molar-refractivity contribution in [3.8, 4) is 5.75 Å². The zero-order valence-electron chi connectivity index (χ0n) is 12.4. The molecule has 1 atom stereocenters. The number of carbonyl (C=O) groups is 1. The van der Waals surface area contributed by atoms with Crippen molar-refractivity contribution in [1.29, 1.82) is 0 Å². The highest BCUT2D eigenvalue weighted by Crippen LogP contribution is 2.30. The first-order valence-electron chi connectivity index (χ1n) is 7.12. The van der Waals surface area contributed by atoms with Gasteiger partial charge in [0.05, 0.1) is 12.8 Å². The highest BCUT2D eigenvalue weighted by atomic mass is 19.1. The molecule has 1 saturated heterocycles. The molecule has 0 saturated carbocycles. The maximum absolute atomic E-state index is 13.2. The molecule has 1 fully saturated rings. The summed E-state index contributed by atoms with van der Waals surface area (Å²) in [6.07, 6.45) is 0.592. The van der Waals surface area contributed by atoms with Gasteiger partial charge < -0.3 is 14.7 Å². The van der Waals surface area contributed by atoms with Crippen LogP contribution in [-0.2, 0) is 4.79 Å². The average molecular weight is 296 g/mol. The van der Waals surface area contributed by atoms with Gasteiger partial charge in [-0.2, -0.15) is 0 Å². The average Bonchev–Trinajstić information content (AvgIpc) is 2.48. The van der Waals surface area contributed by atoms with Gasteiger partial charge in [0.15, 0.2) is 0 Å². The Hall–Kier alpha value is -1.82.